The zero-order valence-corrected chi connectivity index (χ0v) is 26.4. The van der Waals surface area contributed by atoms with Crippen LogP contribution in [-0.2, 0) is 33.2 Å². The van der Waals surface area contributed by atoms with Crippen molar-refractivity contribution < 1.29 is 78.4 Å². The molecule has 7 N–H and O–H groups in total. The molecule has 1 aliphatic carbocycles. The van der Waals surface area contributed by atoms with Crippen LogP contribution in [0.2, 0.25) is 0 Å². The number of rotatable bonds is 11. The summed E-state index contributed by atoms with van der Waals surface area (Å²) in [4.78, 5) is 12.6. The average Bonchev–Trinajstić information content (AvgIpc) is 3.46. The van der Waals surface area contributed by atoms with Crippen LogP contribution in [0.5, 0.6) is 11.5 Å². The second kappa shape index (κ2) is 15.6. The number of carbonyl (C=O) groups excluding carboxylic acids is 1. The molecule has 16 heteroatoms. The highest BCUT2D eigenvalue weighted by molar-refractivity contribution is 5.87. The van der Waals surface area contributed by atoms with Gasteiger partial charge in [-0.1, -0.05) is 12.1 Å². The molecule has 1 aromatic carbocycles. The first-order valence-corrected chi connectivity index (χ1v) is 15.4. The third-order valence-corrected chi connectivity index (χ3v) is 8.85. The fourth-order valence-corrected chi connectivity index (χ4v) is 6.21. The van der Waals surface area contributed by atoms with Gasteiger partial charge in [0, 0.05) is 12.0 Å². The monoisotopic (exact) mass is 682 g/mol. The molecule has 266 valence electrons. The van der Waals surface area contributed by atoms with Gasteiger partial charge < -0.3 is 73.6 Å². The van der Waals surface area contributed by atoms with Crippen molar-refractivity contribution in [1.82, 2.24) is 0 Å². The molecule has 3 heterocycles. The standard InChI is InChI=1S/C32H42O16/c1-14-29(47-22(35)7-5-15-4-6-18(41-2)20(10-15)42-3)26(38)28(40)31(44-14)45-19-11-16(12-33)23-17(19)8-9-43-30(23)48-32-27(39)25(37)24(36)21(13-34)46-32/h4-11,14,17,19,21,23-34,36-40H,12-13H2,1-3H3/t14-,17+,19-,21+,23-,24-,25+,26-,27-,28-,29-,30+,31-,32+/m0/s1. The highest BCUT2D eigenvalue weighted by atomic mass is 16.8. The predicted molar refractivity (Wildman–Crippen MR) is 161 cm³/mol. The minimum absolute atomic E-state index is 0.427. The predicted octanol–water partition coefficient (Wildman–Crippen LogP) is -1.67. The third kappa shape index (κ3) is 7.39. The Hall–Kier alpha value is -3.13. The molecule has 4 aliphatic rings. The van der Waals surface area contributed by atoms with Crippen LogP contribution in [0.1, 0.15) is 12.5 Å². The molecule has 2 fully saturated rings. The van der Waals surface area contributed by atoms with Crippen LogP contribution in [0.15, 0.2) is 48.3 Å². The zero-order chi connectivity index (χ0) is 34.7. The quantitative estimate of drug-likeness (QED) is 0.0786. The maximum atomic E-state index is 12.6. The molecule has 48 heavy (non-hydrogen) atoms. The molecule has 0 spiro atoms. The Labute approximate surface area is 275 Å². The molecule has 0 amide bonds. The average molecular weight is 683 g/mol. The zero-order valence-electron chi connectivity index (χ0n) is 26.4. The normalized spacial score (nSPS) is 39.4. The van der Waals surface area contributed by atoms with E-state index in [1.165, 1.54) is 26.6 Å². The highest BCUT2D eigenvalue weighted by Crippen LogP contribution is 2.43. The SMILES string of the molecule is COc1ccc(C=CC(=O)O[C@@H]2[C@@H](O)[C@H](O)[C@H](O[C@H]3C=C(CO)[C@@H]4[C@@H](O[C@H]5O[C@H](CO)[C@H](O)[C@@H](O)[C@@H]5O)OC=C[C@@H]43)O[C@H]2C)cc1OC. The van der Waals surface area contributed by atoms with Crippen molar-refractivity contribution in [3.63, 3.8) is 0 Å². The van der Waals surface area contributed by atoms with Crippen LogP contribution in [0, 0.1) is 11.8 Å². The Bertz CT molecular complexity index is 1350. The number of aliphatic hydroxyl groups excluding tert-OH is 7. The van der Waals surface area contributed by atoms with E-state index >= 15 is 0 Å². The summed E-state index contributed by atoms with van der Waals surface area (Å²) >= 11 is 0. The van der Waals surface area contributed by atoms with E-state index in [0.717, 1.165) is 6.08 Å². The largest absolute Gasteiger partial charge is 0.493 e. The summed E-state index contributed by atoms with van der Waals surface area (Å²) in [6.07, 6.45) is -9.11. The van der Waals surface area contributed by atoms with E-state index in [1.807, 2.05) is 0 Å². The second-order valence-electron chi connectivity index (χ2n) is 11.8. The lowest BCUT2D eigenvalue weighted by Gasteiger charge is -2.43. The number of methoxy groups -OCH3 is 2. The molecule has 0 bridgehead atoms. The first kappa shape index (κ1) is 36.2. The van der Waals surface area contributed by atoms with E-state index in [4.69, 9.17) is 37.9 Å². The number of fused-ring (bicyclic) bond motifs is 1. The summed E-state index contributed by atoms with van der Waals surface area (Å²) in [5.41, 5.74) is 1.05. The van der Waals surface area contributed by atoms with Crippen molar-refractivity contribution >= 4 is 12.0 Å². The van der Waals surface area contributed by atoms with Crippen molar-refractivity contribution in [3.05, 3.63) is 53.8 Å². The maximum absolute atomic E-state index is 12.6. The Morgan fingerprint density at radius 2 is 1.58 bits per heavy atom. The fourth-order valence-electron chi connectivity index (χ4n) is 6.21. The molecule has 2 saturated heterocycles. The Balaban J connectivity index is 1.21. The number of ether oxygens (including phenoxy) is 8. The summed E-state index contributed by atoms with van der Waals surface area (Å²) in [6, 6.07) is 5.05. The molecule has 0 aromatic heterocycles. The first-order chi connectivity index (χ1) is 23.0. The van der Waals surface area contributed by atoms with Crippen molar-refractivity contribution in [2.45, 2.75) is 80.7 Å². The Morgan fingerprint density at radius 1 is 0.875 bits per heavy atom. The first-order valence-electron chi connectivity index (χ1n) is 15.4. The number of esters is 1. The van der Waals surface area contributed by atoms with Crippen LogP contribution in [0.3, 0.4) is 0 Å². The lowest BCUT2D eigenvalue weighted by atomic mass is 9.88. The van der Waals surface area contributed by atoms with Gasteiger partial charge in [-0.05, 0) is 42.3 Å². The summed E-state index contributed by atoms with van der Waals surface area (Å²) in [6.45, 7) is 0.464. The van der Waals surface area contributed by atoms with Gasteiger partial charge in [-0.25, -0.2) is 4.79 Å². The smallest absolute Gasteiger partial charge is 0.331 e. The van der Waals surface area contributed by atoms with Crippen LogP contribution in [0.25, 0.3) is 6.08 Å². The van der Waals surface area contributed by atoms with Gasteiger partial charge in [0.15, 0.2) is 30.2 Å². The van der Waals surface area contributed by atoms with Crippen molar-refractivity contribution in [3.8, 4) is 11.5 Å². The van der Waals surface area contributed by atoms with E-state index in [9.17, 15) is 40.5 Å². The van der Waals surface area contributed by atoms with Crippen molar-refractivity contribution in [1.29, 1.82) is 0 Å². The van der Waals surface area contributed by atoms with Gasteiger partial charge in [-0.15, -0.1) is 0 Å². The van der Waals surface area contributed by atoms with Gasteiger partial charge in [0.05, 0.1) is 51.8 Å². The Morgan fingerprint density at radius 3 is 2.27 bits per heavy atom. The fraction of sp³-hybridized carbons (Fsp3) is 0.594. The number of carbonyl (C=O) groups is 1. The molecule has 5 rings (SSSR count). The summed E-state index contributed by atoms with van der Waals surface area (Å²) < 4.78 is 44.7. The highest BCUT2D eigenvalue weighted by Gasteiger charge is 2.52. The summed E-state index contributed by atoms with van der Waals surface area (Å²) in [7, 11) is 2.99. The third-order valence-electron chi connectivity index (χ3n) is 8.85. The molecule has 0 radical (unpaired) electrons. The van der Waals surface area contributed by atoms with Gasteiger partial charge in [0.1, 0.15) is 36.6 Å². The second-order valence-corrected chi connectivity index (χ2v) is 11.8. The molecular formula is C32H42O16. The maximum Gasteiger partial charge on any atom is 0.331 e. The number of hydrogen-bond donors (Lipinski definition) is 7. The Kier molecular flexibility index (Phi) is 11.8. The van der Waals surface area contributed by atoms with Crippen LogP contribution < -0.4 is 9.47 Å². The number of benzene rings is 1. The van der Waals surface area contributed by atoms with E-state index < -0.39 is 105 Å². The topological polar surface area (TPSA) is 233 Å². The number of aliphatic hydroxyl groups is 7. The van der Waals surface area contributed by atoms with Crippen molar-refractivity contribution in [2.75, 3.05) is 27.4 Å². The van der Waals surface area contributed by atoms with E-state index in [1.54, 1.807) is 37.3 Å². The van der Waals surface area contributed by atoms with Gasteiger partial charge >= 0.3 is 5.97 Å². The van der Waals surface area contributed by atoms with Gasteiger partial charge in [-0.2, -0.15) is 0 Å². The molecule has 14 atom stereocenters. The summed E-state index contributed by atoms with van der Waals surface area (Å²) in [5, 5.41) is 72.2. The van der Waals surface area contributed by atoms with Gasteiger partial charge in [0.2, 0.25) is 6.29 Å². The molecule has 3 aliphatic heterocycles. The van der Waals surface area contributed by atoms with Crippen LogP contribution in [0.4, 0.5) is 0 Å². The van der Waals surface area contributed by atoms with Crippen LogP contribution in [-0.4, -0.2) is 143 Å². The molecular weight excluding hydrogens is 640 g/mol. The van der Waals surface area contributed by atoms with E-state index in [-0.39, 0.29) is 0 Å². The lowest BCUT2D eigenvalue weighted by molar-refractivity contribution is -0.341. The van der Waals surface area contributed by atoms with Crippen molar-refractivity contribution in [2.24, 2.45) is 11.8 Å². The number of hydrogen-bond acceptors (Lipinski definition) is 16. The molecule has 0 saturated carbocycles. The molecule has 1 aromatic rings. The van der Waals surface area contributed by atoms with E-state index in [2.05, 4.69) is 0 Å². The molecule has 0 unspecified atom stereocenters. The van der Waals surface area contributed by atoms with Gasteiger partial charge in [-0.3, -0.25) is 0 Å². The minimum atomic E-state index is -1.68. The lowest BCUT2D eigenvalue weighted by Crippen LogP contribution is -2.60. The van der Waals surface area contributed by atoms with Gasteiger partial charge in [0.25, 0.3) is 0 Å². The van der Waals surface area contributed by atoms with E-state index in [0.29, 0.717) is 22.6 Å². The molecule has 16 nitrogen and oxygen atoms in total. The summed E-state index contributed by atoms with van der Waals surface area (Å²) in [5.74, 6) is -1.04. The minimum Gasteiger partial charge on any atom is -0.493 e. The van der Waals surface area contributed by atoms with Crippen LogP contribution >= 0.6 is 0 Å².